The van der Waals surface area contributed by atoms with Crippen molar-refractivity contribution >= 4 is 17.9 Å². The van der Waals surface area contributed by atoms with Crippen molar-refractivity contribution in [1.29, 1.82) is 0 Å². The molecule has 1 aliphatic rings. The van der Waals surface area contributed by atoms with Gasteiger partial charge in [-0.2, -0.15) is 0 Å². The summed E-state index contributed by atoms with van der Waals surface area (Å²) in [4.78, 5) is 25.3. The highest BCUT2D eigenvalue weighted by Crippen LogP contribution is 2.27. The highest BCUT2D eigenvalue weighted by atomic mass is 19.4. The fourth-order valence-corrected chi connectivity index (χ4v) is 3.89. The number of halogens is 3. The third kappa shape index (κ3) is 8.92. The Kier molecular flexibility index (Phi) is 9.75. The molecule has 7 nitrogen and oxygen atoms in total. The van der Waals surface area contributed by atoms with E-state index in [0.29, 0.717) is 23.8 Å². The second kappa shape index (κ2) is 13.0. The molecule has 2 aromatic rings. The summed E-state index contributed by atoms with van der Waals surface area (Å²) in [6.07, 6.45) is 2.54. The van der Waals surface area contributed by atoms with E-state index in [2.05, 4.69) is 15.4 Å². The Labute approximate surface area is 207 Å². The number of benzene rings is 2. The third-order valence-electron chi connectivity index (χ3n) is 5.70. The average molecular weight is 507 g/mol. The largest absolute Gasteiger partial charge is 0.573 e. The predicted molar refractivity (Wildman–Crippen MR) is 127 cm³/mol. The molecule has 36 heavy (non-hydrogen) atoms. The van der Waals surface area contributed by atoms with Gasteiger partial charge in [0.05, 0.1) is 13.2 Å². The van der Waals surface area contributed by atoms with Crippen LogP contribution in [-0.4, -0.2) is 43.0 Å². The SMILES string of the molecule is O=C(NCCO)/C(=C\c1ccc(OC(F)(F)F)cc1)NC(=O)c1ccc(OCCC2CCCC2)cc1. The van der Waals surface area contributed by atoms with Gasteiger partial charge in [-0.25, -0.2) is 0 Å². The normalized spacial score (nSPS) is 14.4. The van der Waals surface area contributed by atoms with Gasteiger partial charge >= 0.3 is 6.36 Å². The van der Waals surface area contributed by atoms with Crippen molar-refractivity contribution in [2.45, 2.75) is 38.5 Å². The summed E-state index contributed by atoms with van der Waals surface area (Å²) in [6, 6.07) is 11.3. The van der Waals surface area contributed by atoms with Gasteiger partial charge in [0, 0.05) is 12.1 Å². The number of carbonyl (C=O) groups is 2. The molecule has 1 saturated carbocycles. The van der Waals surface area contributed by atoms with Crippen LogP contribution in [0.3, 0.4) is 0 Å². The van der Waals surface area contributed by atoms with Crippen molar-refractivity contribution in [1.82, 2.24) is 10.6 Å². The number of rotatable bonds is 11. The summed E-state index contributed by atoms with van der Waals surface area (Å²) in [6.45, 7) is 0.261. The number of hydrogen-bond donors (Lipinski definition) is 3. The predicted octanol–water partition coefficient (Wildman–Crippen LogP) is 4.42. The lowest BCUT2D eigenvalue weighted by molar-refractivity contribution is -0.274. The second-order valence-electron chi connectivity index (χ2n) is 8.42. The van der Waals surface area contributed by atoms with E-state index in [4.69, 9.17) is 9.84 Å². The fraction of sp³-hybridized carbons (Fsp3) is 0.385. The van der Waals surface area contributed by atoms with Crippen LogP contribution in [0.1, 0.15) is 48.0 Å². The number of aliphatic hydroxyl groups is 1. The number of alkyl halides is 3. The van der Waals surface area contributed by atoms with Crippen molar-refractivity contribution in [2.75, 3.05) is 19.8 Å². The molecule has 0 atom stereocenters. The van der Waals surface area contributed by atoms with Gasteiger partial charge in [0.2, 0.25) is 0 Å². The first-order chi connectivity index (χ1) is 17.2. The summed E-state index contributed by atoms with van der Waals surface area (Å²) < 4.78 is 46.7. The summed E-state index contributed by atoms with van der Waals surface area (Å²) in [5, 5.41) is 13.9. The number of amides is 2. The summed E-state index contributed by atoms with van der Waals surface area (Å²) in [5.41, 5.74) is 0.493. The lowest BCUT2D eigenvalue weighted by Gasteiger charge is -2.12. The summed E-state index contributed by atoms with van der Waals surface area (Å²) in [7, 11) is 0. The standard InChI is InChI=1S/C26H29F3N2O5/c27-26(28,29)36-22-9-5-19(6-10-22)17-23(25(34)30-14-15-32)31-24(33)20-7-11-21(12-8-20)35-16-13-18-3-1-2-4-18/h5-12,17-18,32H,1-4,13-16H2,(H,30,34)(H,31,33)/b23-17+. The topological polar surface area (TPSA) is 96.9 Å². The number of aliphatic hydroxyl groups excluding tert-OH is 1. The van der Waals surface area contributed by atoms with Crippen LogP contribution < -0.4 is 20.1 Å². The van der Waals surface area contributed by atoms with Gasteiger partial charge in [0.15, 0.2) is 0 Å². The smallest absolute Gasteiger partial charge is 0.494 e. The highest BCUT2D eigenvalue weighted by molar-refractivity contribution is 6.05. The number of nitrogens with one attached hydrogen (secondary N) is 2. The van der Waals surface area contributed by atoms with Crippen molar-refractivity contribution < 1.29 is 37.3 Å². The van der Waals surface area contributed by atoms with Crippen LogP contribution in [0.5, 0.6) is 11.5 Å². The Hall–Kier alpha value is -3.53. The van der Waals surface area contributed by atoms with Crippen molar-refractivity contribution in [2.24, 2.45) is 5.92 Å². The van der Waals surface area contributed by atoms with Crippen LogP contribution in [0, 0.1) is 5.92 Å². The molecule has 2 aromatic carbocycles. The summed E-state index contributed by atoms with van der Waals surface area (Å²) in [5.74, 6) is -0.289. The molecule has 0 saturated heterocycles. The monoisotopic (exact) mass is 506 g/mol. The molecule has 1 aliphatic carbocycles. The maximum Gasteiger partial charge on any atom is 0.573 e. The molecule has 2 amide bonds. The molecule has 3 rings (SSSR count). The van der Waals surface area contributed by atoms with E-state index >= 15 is 0 Å². The minimum absolute atomic E-state index is 0.0443. The molecule has 0 aliphatic heterocycles. The maximum absolute atomic E-state index is 12.8. The third-order valence-corrected chi connectivity index (χ3v) is 5.70. The van der Waals surface area contributed by atoms with Crippen LogP contribution in [0.2, 0.25) is 0 Å². The van der Waals surface area contributed by atoms with Crippen molar-refractivity contribution in [3.63, 3.8) is 0 Å². The molecule has 0 unspecified atom stereocenters. The number of carbonyl (C=O) groups excluding carboxylic acids is 2. The van der Waals surface area contributed by atoms with E-state index in [0.717, 1.165) is 18.6 Å². The highest BCUT2D eigenvalue weighted by Gasteiger charge is 2.31. The van der Waals surface area contributed by atoms with Gasteiger partial charge in [-0.1, -0.05) is 37.8 Å². The van der Waals surface area contributed by atoms with E-state index in [1.165, 1.54) is 43.9 Å². The molecular formula is C26H29F3N2O5. The average Bonchev–Trinajstić information content (AvgIpc) is 3.36. The fourth-order valence-electron chi connectivity index (χ4n) is 3.89. The van der Waals surface area contributed by atoms with E-state index in [1.54, 1.807) is 24.3 Å². The molecular weight excluding hydrogens is 477 g/mol. The Morgan fingerprint density at radius 2 is 1.64 bits per heavy atom. The Morgan fingerprint density at radius 3 is 2.25 bits per heavy atom. The second-order valence-corrected chi connectivity index (χ2v) is 8.42. The zero-order valence-electron chi connectivity index (χ0n) is 19.6. The van der Waals surface area contributed by atoms with E-state index in [1.807, 2.05) is 0 Å². The first kappa shape index (κ1) is 27.1. The summed E-state index contributed by atoms with van der Waals surface area (Å²) >= 11 is 0. The minimum atomic E-state index is -4.82. The van der Waals surface area contributed by atoms with Crippen molar-refractivity contribution in [3.05, 3.63) is 65.4 Å². The Bertz CT molecular complexity index is 1030. The van der Waals surface area contributed by atoms with E-state index in [9.17, 15) is 22.8 Å². The van der Waals surface area contributed by atoms with Gasteiger partial charge in [0.25, 0.3) is 11.8 Å². The first-order valence-electron chi connectivity index (χ1n) is 11.7. The molecule has 0 heterocycles. The Morgan fingerprint density at radius 1 is 1.00 bits per heavy atom. The molecule has 194 valence electrons. The number of ether oxygens (including phenoxy) is 2. The van der Waals surface area contributed by atoms with Gasteiger partial charge in [-0.05, 0) is 60.4 Å². The van der Waals surface area contributed by atoms with Crippen LogP contribution in [-0.2, 0) is 4.79 Å². The molecule has 0 radical (unpaired) electrons. The lowest BCUT2D eigenvalue weighted by Crippen LogP contribution is -2.36. The number of hydrogen-bond acceptors (Lipinski definition) is 5. The Balaban J connectivity index is 1.65. The van der Waals surface area contributed by atoms with Crippen LogP contribution in [0.4, 0.5) is 13.2 Å². The van der Waals surface area contributed by atoms with Gasteiger partial charge in [-0.15, -0.1) is 13.2 Å². The van der Waals surface area contributed by atoms with Crippen LogP contribution >= 0.6 is 0 Å². The quantitative estimate of drug-likeness (QED) is 0.392. The van der Waals surface area contributed by atoms with Gasteiger partial charge in [-0.3, -0.25) is 9.59 Å². The van der Waals surface area contributed by atoms with Crippen LogP contribution in [0.25, 0.3) is 6.08 Å². The van der Waals surface area contributed by atoms with E-state index in [-0.39, 0.29) is 24.4 Å². The zero-order chi connectivity index (χ0) is 26.0. The maximum atomic E-state index is 12.8. The van der Waals surface area contributed by atoms with Crippen molar-refractivity contribution in [3.8, 4) is 11.5 Å². The lowest BCUT2D eigenvalue weighted by atomic mass is 10.1. The molecule has 0 spiro atoms. The molecule has 0 bridgehead atoms. The molecule has 1 fully saturated rings. The van der Waals surface area contributed by atoms with Gasteiger partial charge < -0.3 is 25.2 Å². The zero-order valence-corrected chi connectivity index (χ0v) is 19.6. The molecule has 3 N–H and O–H groups in total. The minimum Gasteiger partial charge on any atom is -0.494 e. The molecule has 0 aromatic heterocycles. The van der Waals surface area contributed by atoms with Crippen LogP contribution in [0.15, 0.2) is 54.2 Å². The van der Waals surface area contributed by atoms with Gasteiger partial charge in [0.1, 0.15) is 17.2 Å². The molecule has 10 heteroatoms. The van der Waals surface area contributed by atoms with E-state index < -0.39 is 23.9 Å². The first-order valence-corrected chi connectivity index (χ1v) is 11.7.